The summed E-state index contributed by atoms with van der Waals surface area (Å²) in [7, 11) is 0. The van der Waals surface area contributed by atoms with Crippen LogP contribution in [0.3, 0.4) is 0 Å². The van der Waals surface area contributed by atoms with E-state index < -0.39 is 0 Å². The summed E-state index contributed by atoms with van der Waals surface area (Å²) in [6.45, 7) is 8.31. The predicted octanol–water partition coefficient (Wildman–Crippen LogP) is 5.67. The first-order valence-corrected chi connectivity index (χ1v) is 9.09. The lowest BCUT2D eigenvalue weighted by molar-refractivity contribution is 0.153. The Labute approximate surface area is 128 Å². The molecule has 112 valence electrons. The molecule has 1 nitrogen and oxygen atoms in total. The van der Waals surface area contributed by atoms with E-state index in [2.05, 4.69) is 56.6 Å². The molecule has 0 atom stereocenters. The van der Waals surface area contributed by atoms with Crippen LogP contribution in [0.15, 0.2) is 29.2 Å². The van der Waals surface area contributed by atoms with Gasteiger partial charge in [-0.15, -0.1) is 11.8 Å². The molecular weight excluding hydrogens is 262 g/mol. The molecule has 0 amide bonds. The van der Waals surface area contributed by atoms with Crippen LogP contribution in [0.25, 0.3) is 0 Å². The second-order valence-corrected chi connectivity index (χ2v) is 8.08. The Bertz CT molecular complexity index is 414. The molecule has 0 heterocycles. The Balaban J connectivity index is 1.78. The predicted molar refractivity (Wildman–Crippen MR) is 91.6 cm³/mol. The molecule has 1 N–H and O–H groups in total. The summed E-state index contributed by atoms with van der Waals surface area (Å²) < 4.78 is 0. The molecule has 1 saturated carbocycles. The zero-order valence-electron chi connectivity index (χ0n) is 13.4. The molecule has 2 heteroatoms. The lowest BCUT2D eigenvalue weighted by atomic mass is 9.70. The summed E-state index contributed by atoms with van der Waals surface area (Å²) in [5.41, 5.74) is 1.76. The fourth-order valence-electron chi connectivity index (χ4n) is 3.23. The molecular formula is C18H29NS. The first kappa shape index (κ1) is 15.8. The van der Waals surface area contributed by atoms with E-state index in [9.17, 15) is 0 Å². The van der Waals surface area contributed by atoms with Gasteiger partial charge in [-0.1, -0.05) is 26.8 Å². The van der Waals surface area contributed by atoms with Gasteiger partial charge in [-0.25, -0.2) is 0 Å². The largest absolute Gasteiger partial charge is 0.385 e. The molecule has 1 aliphatic rings. The van der Waals surface area contributed by atoms with Gasteiger partial charge in [0.1, 0.15) is 0 Å². The lowest BCUT2D eigenvalue weighted by Gasteiger charge is -2.37. The van der Waals surface area contributed by atoms with Crippen molar-refractivity contribution in [3.63, 3.8) is 0 Å². The molecule has 1 fully saturated rings. The van der Waals surface area contributed by atoms with Crippen molar-refractivity contribution in [1.29, 1.82) is 0 Å². The quantitative estimate of drug-likeness (QED) is 0.717. The van der Waals surface area contributed by atoms with Crippen LogP contribution >= 0.6 is 11.8 Å². The second-order valence-electron chi connectivity index (χ2n) is 7.20. The molecule has 0 spiro atoms. The second kappa shape index (κ2) is 6.89. The van der Waals surface area contributed by atoms with Crippen molar-refractivity contribution in [2.75, 3.05) is 18.1 Å². The average molecular weight is 292 g/mol. The number of benzene rings is 1. The van der Waals surface area contributed by atoms with Gasteiger partial charge >= 0.3 is 0 Å². The summed E-state index contributed by atoms with van der Waals surface area (Å²) in [4.78, 5) is 1.34. The molecule has 0 radical (unpaired) electrons. The minimum Gasteiger partial charge on any atom is -0.385 e. The Morgan fingerprint density at radius 3 is 2.45 bits per heavy atom. The molecule has 1 aliphatic carbocycles. The number of nitrogens with one attached hydrogen (secondary N) is 1. The third-order valence-electron chi connectivity index (χ3n) is 4.74. The molecule has 0 aromatic heterocycles. The third-order valence-corrected chi connectivity index (χ3v) is 5.46. The number of hydrogen-bond acceptors (Lipinski definition) is 2. The Kier molecular flexibility index (Phi) is 5.42. The highest BCUT2D eigenvalue weighted by Gasteiger charge is 2.29. The van der Waals surface area contributed by atoms with Crippen LogP contribution in [-0.2, 0) is 0 Å². The minimum absolute atomic E-state index is 0.491. The monoisotopic (exact) mass is 291 g/mol. The van der Waals surface area contributed by atoms with Gasteiger partial charge in [0.15, 0.2) is 0 Å². The van der Waals surface area contributed by atoms with E-state index in [-0.39, 0.29) is 0 Å². The van der Waals surface area contributed by atoms with E-state index in [4.69, 9.17) is 0 Å². The normalized spacial score (nSPS) is 23.6. The summed E-state index contributed by atoms with van der Waals surface area (Å²) in [6, 6.07) is 8.75. The highest BCUT2D eigenvalue weighted by atomic mass is 32.2. The fraction of sp³-hybridized carbons (Fsp3) is 0.667. The smallest absolute Gasteiger partial charge is 0.0351 e. The maximum atomic E-state index is 3.63. The molecule has 0 saturated heterocycles. The van der Waals surface area contributed by atoms with Crippen LogP contribution in [0.1, 0.15) is 46.5 Å². The summed E-state index contributed by atoms with van der Waals surface area (Å²) in [6.07, 6.45) is 7.71. The van der Waals surface area contributed by atoms with Gasteiger partial charge in [-0.2, -0.15) is 0 Å². The van der Waals surface area contributed by atoms with Crippen molar-refractivity contribution in [2.24, 2.45) is 17.3 Å². The van der Waals surface area contributed by atoms with Gasteiger partial charge < -0.3 is 5.32 Å². The molecule has 0 aliphatic heterocycles. The van der Waals surface area contributed by atoms with Gasteiger partial charge in [0.25, 0.3) is 0 Å². The van der Waals surface area contributed by atoms with Gasteiger partial charge in [-0.05, 0) is 67.4 Å². The molecule has 2 rings (SSSR count). The molecule has 1 aromatic carbocycles. The Hall–Kier alpha value is -0.630. The van der Waals surface area contributed by atoms with Crippen LogP contribution in [0.2, 0.25) is 0 Å². The fourth-order valence-corrected chi connectivity index (χ4v) is 3.69. The number of anilines is 1. The van der Waals surface area contributed by atoms with Gasteiger partial charge in [0.2, 0.25) is 0 Å². The molecule has 0 unspecified atom stereocenters. The first-order chi connectivity index (χ1) is 9.49. The number of rotatable bonds is 4. The SMILES string of the molecule is CSc1cccc(NCC2CCC(C(C)(C)C)CC2)c1. The zero-order chi connectivity index (χ0) is 14.6. The lowest BCUT2D eigenvalue weighted by Crippen LogP contribution is -2.28. The Morgan fingerprint density at radius 1 is 1.15 bits per heavy atom. The van der Waals surface area contributed by atoms with Crippen molar-refractivity contribution >= 4 is 17.4 Å². The number of thioether (sulfide) groups is 1. The highest BCUT2D eigenvalue weighted by Crippen LogP contribution is 2.39. The van der Waals surface area contributed by atoms with Crippen LogP contribution in [0.5, 0.6) is 0 Å². The van der Waals surface area contributed by atoms with Crippen molar-refractivity contribution in [1.82, 2.24) is 0 Å². The van der Waals surface area contributed by atoms with Crippen LogP contribution in [0.4, 0.5) is 5.69 Å². The number of hydrogen-bond donors (Lipinski definition) is 1. The third kappa shape index (κ3) is 4.44. The Morgan fingerprint density at radius 2 is 1.85 bits per heavy atom. The summed E-state index contributed by atoms with van der Waals surface area (Å²) >= 11 is 1.81. The minimum atomic E-state index is 0.491. The molecule has 1 aromatic rings. The van der Waals surface area contributed by atoms with Crippen LogP contribution < -0.4 is 5.32 Å². The van der Waals surface area contributed by atoms with Crippen molar-refractivity contribution in [3.05, 3.63) is 24.3 Å². The topological polar surface area (TPSA) is 12.0 Å². The standard InChI is InChI=1S/C18H29NS/c1-18(2,3)15-10-8-14(9-11-15)13-19-16-6-5-7-17(12-16)20-4/h5-7,12,14-15,19H,8-11,13H2,1-4H3. The highest BCUT2D eigenvalue weighted by molar-refractivity contribution is 7.98. The van der Waals surface area contributed by atoms with Crippen LogP contribution in [0, 0.1) is 17.3 Å². The van der Waals surface area contributed by atoms with Gasteiger partial charge in [0.05, 0.1) is 0 Å². The average Bonchev–Trinajstić information content (AvgIpc) is 2.45. The van der Waals surface area contributed by atoms with Crippen molar-refractivity contribution < 1.29 is 0 Å². The van der Waals surface area contributed by atoms with Crippen molar-refractivity contribution in [2.45, 2.75) is 51.3 Å². The summed E-state index contributed by atoms with van der Waals surface area (Å²) in [5.74, 6) is 1.77. The maximum Gasteiger partial charge on any atom is 0.0351 e. The van der Waals surface area contributed by atoms with E-state index in [0.717, 1.165) is 18.4 Å². The summed E-state index contributed by atoms with van der Waals surface area (Å²) in [5, 5.41) is 3.63. The van der Waals surface area contributed by atoms with Gasteiger partial charge in [-0.3, -0.25) is 0 Å². The van der Waals surface area contributed by atoms with E-state index >= 15 is 0 Å². The molecule has 0 bridgehead atoms. The maximum absolute atomic E-state index is 3.63. The van der Waals surface area contributed by atoms with E-state index in [1.54, 1.807) is 0 Å². The van der Waals surface area contributed by atoms with E-state index in [1.807, 2.05) is 11.8 Å². The zero-order valence-corrected chi connectivity index (χ0v) is 14.2. The van der Waals surface area contributed by atoms with E-state index in [0.29, 0.717) is 5.41 Å². The molecule has 20 heavy (non-hydrogen) atoms. The van der Waals surface area contributed by atoms with Crippen LogP contribution in [-0.4, -0.2) is 12.8 Å². The van der Waals surface area contributed by atoms with E-state index in [1.165, 1.54) is 36.3 Å². The van der Waals surface area contributed by atoms with Gasteiger partial charge in [0, 0.05) is 17.1 Å². The van der Waals surface area contributed by atoms with Crippen molar-refractivity contribution in [3.8, 4) is 0 Å². The first-order valence-electron chi connectivity index (χ1n) is 7.87.